The van der Waals surface area contributed by atoms with E-state index in [9.17, 15) is 9.90 Å². The van der Waals surface area contributed by atoms with E-state index in [-0.39, 0.29) is 51.4 Å². The molecule has 0 radical (unpaired) electrons. The molecular weight excluding hydrogens is 301 g/mol. The van der Waals surface area contributed by atoms with E-state index in [0.717, 1.165) is 35.7 Å². The second-order valence-corrected chi connectivity index (χ2v) is 5.81. The quantitative estimate of drug-likeness (QED) is 0.735. The fourth-order valence-corrected chi connectivity index (χ4v) is 3.33. The van der Waals surface area contributed by atoms with Crippen LogP contribution in [0.3, 0.4) is 0 Å². The molecule has 1 saturated heterocycles. The third kappa shape index (κ3) is 4.19. The zero-order valence-electron chi connectivity index (χ0n) is 13.0. The number of carbonyl (C=O) groups excluding carboxylic acids is 1. The number of hydrogen-bond acceptors (Lipinski definition) is 3. The molecule has 3 rings (SSSR count). The van der Waals surface area contributed by atoms with Crippen molar-refractivity contribution < 1.29 is 61.3 Å². The van der Waals surface area contributed by atoms with Crippen LogP contribution in [-0.2, 0) is 4.79 Å². The molecule has 2 atom stereocenters. The summed E-state index contributed by atoms with van der Waals surface area (Å²) in [6.07, 6.45) is 3.86. The molecule has 1 heterocycles. The first-order chi connectivity index (χ1) is 10.3. The van der Waals surface area contributed by atoms with Crippen LogP contribution in [0, 0.1) is 0 Å². The number of carbonyl (C=O) groups is 1. The van der Waals surface area contributed by atoms with Gasteiger partial charge in [0, 0.05) is 17.9 Å². The second-order valence-electron chi connectivity index (χ2n) is 5.81. The van der Waals surface area contributed by atoms with E-state index in [1.807, 2.05) is 42.5 Å². The molecule has 1 aliphatic heterocycles. The summed E-state index contributed by atoms with van der Waals surface area (Å²) < 4.78 is 0. The van der Waals surface area contributed by atoms with Crippen molar-refractivity contribution in [1.82, 2.24) is 5.32 Å². The zero-order valence-corrected chi connectivity index (χ0v) is 16.2. The molecule has 0 aliphatic carbocycles. The van der Waals surface area contributed by atoms with Crippen molar-refractivity contribution in [2.45, 2.75) is 37.6 Å². The van der Waals surface area contributed by atoms with Gasteiger partial charge < -0.3 is 15.2 Å². The predicted molar refractivity (Wildman–Crippen MR) is 82.0 cm³/mol. The molecule has 3 nitrogen and oxygen atoms in total. The number of carboxylic acid groups (broad SMARTS) is 1. The van der Waals surface area contributed by atoms with Crippen LogP contribution >= 0.6 is 0 Å². The minimum Gasteiger partial charge on any atom is -0.549 e. The summed E-state index contributed by atoms with van der Waals surface area (Å²) in [4.78, 5) is 11.6. The normalized spacial score (nSPS) is 18.8. The van der Waals surface area contributed by atoms with Gasteiger partial charge in [-0.05, 0) is 48.6 Å². The predicted octanol–water partition coefficient (Wildman–Crippen LogP) is -0.790. The Morgan fingerprint density at radius 1 is 1.23 bits per heavy atom. The van der Waals surface area contributed by atoms with Gasteiger partial charge in [-0.2, -0.15) is 0 Å². The summed E-state index contributed by atoms with van der Waals surface area (Å²) in [5.74, 6) is -1.50. The molecule has 1 fully saturated rings. The first-order valence-electron chi connectivity index (χ1n) is 7.67. The fraction of sp³-hybridized carbons (Fsp3) is 0.389. The van der Waals surface area contributed by atoms with E-state index in [1.165, 1.54) is 6.42 Å². The van der Waals surface area contributed by atoms with Gasteiger partial charge in [0.2, 0.25) is 0 Å². The van der Waals surface area contributed by atoms with Gasteiger partial charge in [-0.25, -0.2) is 0 Å². The van der Waals surface area contributed by atoms with Crippen molar-refractivity contribution in [1.29, 1.82) is 0 Å². The molecule has 0 aromatic heterocycles. The third-order valence-electron chi connectivity index (χ3n) is 4.45. The number of fused-ring (bicyclic) bond motifs is 1. The Morgan fingerprint density at radius 2 is 2.00 bits per heavy atom. The number of carboxylic acids is 1. The molecule has 0 spiro atoms. The maximum Gasteiger partial charge on any atom is 1.00 e. The molecule has 0 bridgehead atoms. The molecule has 2 aromatic rings. The molecule has 0 amide bonds. The second kappa shape index (κ2) is 8.57. The third-order valence-corrected chi connectivity index (χ3v) is 4.45. The van der Waals surface area contributed by atoms with Crippen molar-refractivity contribution in [3.8, 4) is 0 Å². The molecule has 110 valence electrons. The van der Waals surface area contributed by atoms with Crippen LogP contribution in [0.2, 0.25) is 0 Å². The number of nitrogens with one attached hydrogen (secondary N) is 1. The minimum atomic E-state index is -0.968. The molecule has 2 aromatic carbocycles. The summed E-state index contributed by atoms with van der Waals surface area (Å²) in [5, 5.41) is 17.1. The van der Waals surface area contributed by atoms with Gasteiger partial charge in [-0.3, -0.25) is 0 Å². The molecular formula is C18H20KNO2. The van der Waals surface area contributed by atoms with Crippen molar-refractivity contribution in [2.24, 2.45) is 0 Å². The first kappa shape index (κ1) is 18.1. The van der Waals surface area contributed by atoms with E-state index in [2.05, 4.69) is 5.32 Å². The Morgan fingerprint density at radius 3 is 2.73 bits per heavy atom. The summed E-state index contributed by atoms with van der Waals surface area (Å²) >= 11 is 0. The first-order valence-corrected chi connectivity index (χ1v) is 7.67. The van der Waals surface area contributed by atoms with Crippen molar-refractivity contribution in [2.75, 3.05) is 6.54 Å². The smallest absolute Gasteiger partial charge is 0.549 e. The van der Waals surface area contributed by atoms with Crippen LogP contribution in [0.4, 0.5) is 0 Å². The average Bonchev–Trinajstić information content (AvgIpc) is 3.01. The zero-order chi connectivity index (χ0) is 14.7. The number of aliphatic carboxylic acids is 1. The maximum absolute atomic E-state index is 11.6. The molecule has 22 heavy (non-hydrogen) atoms. The average molecular weight is 321 g/mol. The Balaban J connectivity index is 0.00000176. The van der Waals surface area contributed by atoms with Crippen LogP contribution < -0.4 is 61.8 Å². The molecule has 1 N–H and O–H groups in total. The monoisotopic (exact) mass is 321 g/mol. The van der Waals surface area contributed by atoms with Crippen molar-refractivity contribution in [3.05, 3.63) is 48.0 Å². The van der Waals surface area contributed by atoms with Gasteiger partial charge in [0.25, 0.3) is 0 Å². The Labute approximate surface area is 173 Å². The number of hydrogen-bond donors (Lipinski definition) is 1. The standard InChI is InChI=1S/C18H21NO2.K/c20-18(21)17(11-10-14-7-4-12-19-14)16-9-3-6-13-5-1-2-8-15(13)16;/h1-3,5-6,8-9,14,17,19H,4,7,10-12H2,(H,20,21);/q;+1/p-1. The number of rotatable bonds is 5. The van der Waals surface area contributed by atoms with E-state index < -0.39 is 11.9 Å². The van der Waals surface area contributed by atoms with Crippen LogP contribution in [0.1, 0.15) is 37.2 Å². The molecule has 2 unspecified atom stereocenters. The van der Waals surface area contributed by atoms with Crippen LogP contribution in [0.25, 0.3) is 10.8 Å². The molecule has 4 heteroatoms. The van der Waals surface area contributed by atoms with E-state index in [0.29, 0.717) is 12.5 Å². The minimum absolute atomic E-state index is 0. The maximum atomic E-state index is 11.6. The fourth-order valence-electron chi connectivity index (χ4n) is 3.33. The number of benzene rings is 2. The van der Waals surface area contributed by atoms with E-state index in [4.69, 9.17) is 0 Å². The van der Waals surface area contributed by atoms with Gasteiger partial charge in [-0.15, -0.1) is 0 Å². The van der Waals surface area contributed by atoms with E-state index in [1.54, 1.807) is 0 Å². The molecule has 0 saturated carbocycles. The van der Waals surface area contributed by atoms with E-state index >= 15 is 0 Å². The van der Waals surface area contributed by atoms with Crippen LogP contribution in [-0.4, -0.2) is 18.6 Å². The van der Waals surface area contributed by atoms with Crippen LogP contribution in [0.5, 0.6) is 0 Å². The van der Waals surface area contributed by atoms with Gasteiger partial charge in [0.1, 0.15) is 0 Å². The summed E-state index contributed by atoms with van der Waals surface area (Å²) in [5.41, 5.74) is 0.881. The Kier molecular flexibility index (Phi) is 7.06. The Hall–Kier alpha value is -0.234. The van der Waals surface area contributed by atoms with Gasteiger partial charge in [0.15, 0.2) is 0 Å². The van der Waals surface area contributed by atoms with Gasteiger partial charge >= 0.3 is 51.4 Å². The topological polar surface area (TPSA) is 52.2 Å². The Bertz CT molecular complexity index is 633. The summed E-state index contributed by atoms with van der Waals surface area (Å²) in [6, 6.07) is 14.3. The largest absolute Gasteiger partial charge is 1.00 e. The SMILES string of the molecule is O=C([O-])C(CCC1CCCN1)c1cccc2ccccc12.[K+]. The summed E-state index contributed by atoms with van der Waals surface area (Å²) in [6.45, 7) is 1.05. The van der Waals surface area contributed by atoms with Gasteiger partial charge in [0.05, 0.1) is 0 Å². The molecule has 1 aliphatic rings. The van der Waals surface area contributed by atoms with Crippen molar-refractivity contribution >= 4 is 16.7 Å². The van der Waals surface area contributed by atoms with Gasteiger partial charge in [-0.1, -0.05) is 42.5 Å². The van der Waals surface area contributed by atoms with Crippen molar-refractivity contribution in [3.63, 3.8) is 0 Å². The van der Waals surface area contributed by atoms with Crippen LogP contribution in [0.15, 0.2) is 42.5 Å². The summed E-state index contributed by atoms with van der Waals surface area (Å²) in [7, 11) is 0.